The quantitative estimate of drug-likeness (QED) is 0.526. The molecule has 0 bridgehead atoms. The van der Waals surface area contributed by atoms with Crippen molar-refractivity contribution in [3.8, 4) is 17.2 Å². The molecule has 0 amide bonds. The third kappa shape index (κ3) is 5.32. The van der Waals surface area contributed by atoms with Gasteiger partial charge in [-0.05, 0) is 55.3 Å². The number of benzene rings is 2. The fourth-order valence-corrected chi connectivity index (χ4v) is 4.01. The summed E-state index contributed by atoms with van der Waals surface area (Å²) in [7, 11) is 3.21. The molecule has 1 saturated heterocycles. The van der Waals surface area contributed by atoms with E-state index in [1.807, 2.05) is 18.2 Å². The average Bonchev–Trinajstić information content (AvgIpc) is 2.74. The molecule has 164 valence electrons. The lowest BCUT2D eigenvalue weighted by Gasteiger charge is -2.36. The van der Waals surface area contributed by atoms with Crippen LogP contribution in [0.15, 0.2) is 36.4 Å². The second kappa shape index (κ2) is 9.79. The Morgan fingerprint density at radius 1 is 1.03 bits per heavy atom. The van der Waals surface area contributed by atoms with Gasteiger partial charge in [0.15, 0.2) is 11.5 Å². The average molecular weight is 444 g/mol. The van der Waals surface area contributed by atoms with Crippen LogP contribution in [0.5, 0.6) is 17.2 Å². The molecule has 1 aliphatic heterocycles. The third-order valence-electron chi connectivity index (χ3n) is 5.30. The van der Waals surface area contributed by atoms with Gasteiger partial charge in [-0.25, -0.2) is 0 Å². The van der Waals surface area contributed by atoms with E-state index in [1.54, 1.807) is 14.2 Å². The van der Waals surface area contributed by atoms with Gasteiger partial charge in [-0.2, -0.15) is 13.2 Å². The minimum Gasteiger partial charge on any atom is -0.493 e. The molecule has 1 atom stereocenters. The van der Waals surface area contributed by atoms with Gasteiger partial charge in [0.2, 0.25) is 0 Å². The summed E-state index contributed by atoms with van der Waals surface area (Å²) in [5.41, 5.74) is 0.237. The zero-order valence-electron chi connectivity index (χ0n) is 17.0. The van der Waals surface area contributed by atoms with E-state index in [1.165, 1.54) is 12.1 Å². The summed E-state index contributed by atoms with van der Waals surface area (Å²) in [4.78, 5) is 2.30. The fourth-order valence-electron chi connectivity index (χ4n) is 3.79. The maximum absolute atomic E-state index is 13.0. The van der Waals surface area contributed by atoms with Crippen LogP contribution >= 0.6 is 11.6 Å². The van der Waals surface area contributed by atoms with Gasteiger partial charge >= 0.3 is 6.18 Å². The summed E-state index contributed by atoms with van der Waals surface area (Å²) in [5, 5.41) is -0.334. The number of halogens is 4. The van der Waals surface area contributed by atoms with E-state index in [4.69, 9.17) is 25.8 Å². The van der Waals surface area contributed by atoms with Crippen molar-refractivity contribution < 1.29 is 27.4 Å². The first-order valence-electron chi connectivity index (χ1n) is 9.79. The number of alkyl halides is 3. The Labute approximate surface area is 179 Å². The summed E-state index contributed by atoms with van der Waals surface area (Å²) in [6.07, 6.45) is -1.33. The molecule has 0 spiro atoms. The van der Waals surface area contributed by atoms with Crippen LogP contribution in [-0.4, -0.2) is 38.8 Å². The molecule has 0 N–H and O–H groups in total. The first kappa shape index (κ1) is 22.6. The van der Waals surface area contributed by atoms with Crippen LogP contribution in [0.1, 0.15) is 36.4 Å². The van der Waals surface area contributed by atoms with Crippen LogP contribution in [0.2, 0.25) is 5.02 Å². The molecule has 0 saturated carbocycles. The van der Waals surface area contributed by atoms with Crippen molar-refractivity contribution in [2.45, 2.75) is 31.5 Å². The van der Waals surface area contributed by atoms with E-state index in [2.05, 4.69) is 4.90 Å². The fraction of sp³-hybridized carbons (Fsp3) is 0.455. The SMILES string of the molecule is COc1ccc(C2CCCCN2CCOc2ccc(Cl)c(C(F)(F)F)c2)cc1OC. The standard InChI is InChI=1S/C22H25ClF3NO3/c1-28-20-9-6-15(13-21(20)29-2)19-5-3-4-10-27(19)11-12-30-16-7-8-18(23)17(14-16)22(24,25)26/h6-9,13-14,19H,3-5,10-12H2,1-2H3. The molecule has 0 aliphatic carbocycles. The Morgan fingerprint density at radius 3 is 2.50 bits per heavy atom. The van der Waals surface area contributed by atoms with E-state index in [0.717, 1.165) is 37.4 Å². The molecular formula is C22H25ClF3NO3. The summed E-state index contributed by atoms with van der Waals surface area (Å²) >= 11 is 5.67. The van der Waals surface area contributed by atoms with Gasteiger partial charge in [-0.3, -0.25) is 4.90 Å². The Balaban J connectivity index is 1.67. The van der Waals surface area contributed by atoms with Gasteiger partial charge in [0.1, 0.15) is 12.4 Å². The first-order valence-corrected chi connectivity index (χ1v) is 10.2. The monoisotopic (exact) mass is 443 g/mol. The van der Waals surface area contributed by atoms with Crippen LogP contribution in [-0.2, 0) is 6.18 Å². The molecule has 0 radical (unpaired) electrons. The number of likely N-dealkylation sites (tertiary alicyclic amines) is 1. The molecule has 1 unspecified atom stereocenters. The lowest BCUT2D eigenvalue weighted by atomic mass is 9.95. The summed E-state index contributed by atoms with van der Waals surface area (Å²) in [5.74, 6) is 1.51. The minimum atomic E-state index is -4.51. The van der Waals surface area contributed by atoms with E-state index < -0.39 is 11.7 Å². The predicted molar refractivity (Wildman–Crippen MR) is 110 cm³/mol. The number of methoxy groups -OCH3 is 2. The minimum absolute atomic E-state index is 0.159. The maximum Gasteiger partial charge on any atom is 0.417 e. The molecule has 30 heavy (non-hydrogen) atoms. The lowest BCUT2D eigenvalue weighted by Crippen LogP contribution is -2.36. The lowest BCUT2D eigenvalue weighted by molar-refractivity contribution is -0.137. The first-order chi connectivity index (χ1) is 14.3. The number of hydrogen-bond acceptors (Lipinski definition) is 4. The molecule has 2 aromatic carbocycles. The number of piperidine rings is 1. The van der Waals surface area contributed by atoms with E-state index in [-0.39, 0.29) is 23.4 Å². The molecule has 1 heterocycles. The Bertz CT molecular complexity index is 860. The topological polar surface area (TPSA) is 30.9 Å². The van der Waals surface area contributed by atoms with Gasteiger partial charge in [0.25, 0.3) is 0 Å². The second-order valence-corrected chi connectivity index (χ2v) is 7.56. The second-order valence-electron chi connectivity index (χ2n) is 7.15. The zero-order chi connectivity index (χ0) is 21.7. The highest BCUT2D eigenvalue weighted by molar-refractivity contribution is 6.31. The van der Waals surface area contributed by atoms with E-state index >= 15 is 0 Å². The summed E-state index contributed by atoms with van der Waals surface area (Å²) in [6.45, 7) is 1.78. The van der Waals surface area contributed by atoms with Gasteiger partial charge in [-0.1, -0.05) is 24.1 Å². The highest BCUT2D eigenvalue weighted by Gasteiger charge is 2.33. The van der Waals surface area contributed by atoms with Crippen LogP contribution in [0.4, 0.5) is 13.2 Å². The van der Waals surface area contributed by atoms with Gasteiger partial charge in [0, 0.05) is 12.6 Å². The Kier molecular flexibility index (Phi) is 7.36. The predicted octanol–water partition coefficient (Wildman–Crippen LogP) is 5.98. The summed E-state index contributed by atoms with van der Waals surface area (Å²) in [6, 6.07) is 9.72. The number of hydrogen-bond donors (Lipinski definition) is 0. The largest absolute Gasteiger partial charge is 0.493 e. The number of rotatable bonds is 7. The normalized spacial score (nSPS) is 17.6. The number of ether oxygens (including phenoxy) is 3. The molecule has 4 nitrogen and oxygen atoms in total. The molecule has 1 fully saturated rings. The van der Waals surface area contributed by atoms with Crippen LogP contribution < -0.4 is 14.2 Å². The van der Waals surface area contributed by atoms with E-state index in [9.17, 15) is 13.2 Å². The third-order valence-corrected chi connectivity index (χ3v) is 5.63. The van der Waals surface area contributed by atoms with Crippen LogP contribution in [0.25, 0.3) is 0 Å². The molecule has 3 rings (SSSR count). The van der Waals surface area contributed by atoms with Crippen molar-refractivity contribution in [2.75, 3.05) is 33.9 Å². The van der Waals surface area contributed by atoms with Gasteiger partial charge in [0.05, 0.1) is 24.8 Å². The van der Waals surface area contributed by atoms with Crippen molar-refractivity contribution >= 4 is 11.6 Å². The van der Waals surface area contributed by atoms with E-state index in [0.29, 0.717) is 18.0 Å². The van der Waals surface area contributed by atoms with Crippen molar-refractivity contribution in [2.24, 2.45) is 0 Å². The van der Waals surface area contributed by atoms with Gasteiger partial charge < -0.3 is 14.2 Å². The molecule has 2 aromatic rings. The molecular weight excluding hydrogens is 419 g/mol. The summed E-state index contributed by atoms with van der Waals surface area (Å²) < 4.78 is 55.4. The highest BCUT2D eigenvalue weighted by Crippen LogP contribution is 2.38. The highest BCUT2D eigenvalue weighted by atomic mass is 35.5. The van der Waals surface area contributed by atoms with Crippen molar-refractivity contribution in [1.82, 2.24) is 4.90 Å². The maximum atomic E-state index is 13.0. The molecule has 8 heteroatoms. The van der Waals surface area contributed by atoms with Gasteiger partial charge in [-0.15, -0.1) is 0 Å². The molecule has 0 aromatic heterocycles. The van der Waals surface area contributed by atoms with Crippen molar-refractivity contribution in [3.63, 3.8) is 0 Å². The zero-order valence-corrected chi connectivity index (χ0v) is 17.7. The smallest absolute Gasteiger partial charge is 0.417 e. The Hall–Kier alpha value is -2.12. The van der Waals surface area contributed by atoms with Crippen LogP contribution in [0.3, 0.4) is 0 Å². The number of nitrogens with zero attached hydrogens (tertiary/aromatic N) is 1. The molecule has 1 aliphatic rings. The van der Waals surface area contributed by atoms with Crippen LogP contribution in [0, 0.1) is 0 Å². The Morgan fingerprint density at radius 2 is 1.80 bits per heavy atom. The van der Waals surface area contributed by atoms with Crippen molar-refractivity contribution in [3.05, 3.63) is 52.5 Å². The van der Waals surface area contributed by atoms with Crippen molar-refractivity contribution in [1.29, 1.82) is 0 Å².